The first-order valence-electron chi connectivity index (χ1n) is 12.6. The van der Waals surface area contributed by atoms with E-state index in [4.69, 9.17) is 9.47 Å². The van der Waals surface area contributed by atoms with Crippen molar-refractivity contribution in [2.75, 3.05) is 6.61 Å². The zero-order chi connectivity index (χ0) is 30.5. The van der Waals surface area contributed by atoms with Gasteiger partial charge in [-0.15, -0.1) is 0 Å². The van der Waals surface area contributed by atoms with E-state index in [-0.39, 0.29) is 16.0 Å². The Labute approximate surface area is 221 Å². The van der Waals surface area contributed by atoms with Crippen molar-refractivity contribution in [3.8, 4) is 0 Å². The third-order valence-electron chi connectivity index (χ3n) is 7.30. The zero-order valence-electron chi connectivity index (χ0n) is 24.6. The maximum Gasteiger partial charge on any atom is 0.422 e. The van der Waals surface area contributed by atoms with Crippen molar-refractivity contribution in [1.82, 2.24) is 4.90 Å². The molecule has 1 saturated heterocycles. The number of nitrogens with zero attached hydrogens (tertiary/aromatic N) is 1. The van der Waals surface area contributed by atoms with Gasteiger partial charge >= 0.3 is 24.4 Å². The van der Waals surface area contributed by atoms with E-state index in [0.717, 1.165) is 0 Å². The minimum Gasteiger partial charge on any atom is -0.459 e. The van der Waals surface area contributed by atoms with Gasteiger partial charge in [0.1, 0.15) is 5.60 Å². The number of fused-ring (bicyclic) bond motifs is 1. The molecule has 38 heavy (non-hydrogen) atoms. The highest BCUT2D eigenvalue weighted by atomic mass is 19.4. The average Bonchev–Trinajstić information content (AvgIpc) is 2.54. The predicted molar refractivity (Wildman–Crippen MR) is 130 cm³/mol. The number of amides is 1. The molecule has 0 spiro atoms. The summed E-state index contributed by atoms with van der Waals surface area (Å²) in [7, 11) is 0. The van der Waals surface area contributed by atoms with Crippen LogP contribution in [0.5, 0.6) is 0 Å². The SMILES string of the molecule is CCOC(=O)N1C(C(F)(F)F)(C(F)(F)F)[C@@]2(C(=O)OC(C)(C)C)C(C(C)(C)C)=C(C(C)(C)C)[C@@]12C(C)(C)C. The Bertz CT molecular complexity index is 1020. The monoisotopic (exact) mass is 557 g/mol. The second-order valence-corrected chi connectivity index (χ2v) is 14.2. The third-order valence-corrected chi connectivity index (χ3v) is 7.30. The second kappa shape index (κ2) is 8.29. The first kappa shape index (κ1) is 32.3. The Hall–Kier alpha value is -1.94. The van der Waals surface area contributed by atoms with Crippen molar-refractivity contribution < 1.29 is 45.4 Å². The quantitative estimate of drug-likeness (QED) is 0.197. The van der Waals surface area contributed by atoms with Crippen LogP contribution in [0.25, 0.3) is 0 Å². The summed E-state index contributed by atoms with van der Waals surface area (Å²) in [4.78, 5) is 27.4. The Kier molecular flexibility index (Phi) is 7.04. The molecule has 1 amide bonds. The molecule has 1 heterocycles. The van der Waals surface area contributed by atoms with Crippen LogP contribution in [0.4, 0.5) is 31.1 Å². The molecule has 1 aliphatic carbocycles. The summed E-state index contributed by atoms with van der Waals surface area (Å²) < 4.78 is 102. The molecule has 2 aliphatic rings. The van der Waals surface area contributed by atoms with Crippen LogP contribution >= 0.6 is 0 Å². The highest BCUT2D eigenvalue weighted by Crippen LogP contribution is 2.87. The first-order valence-corrected chi connectivity index (χ1v) is 12.6. The fourth-order valence-electron chi connectivity index (χ4n) is 6.94. The fraction of sp³-hybridized carbons (Fsp3) is 0.852. The predicted octanol–water partition coefficient (Wildman–Crippen LogP) is 7.84. The standard InChI is InChI=1S/C27H41F6NO4/c1-14-37-18(36)34-24(21(8,9)10)16(20(5,6)7)15(19(2,3)4)23(24,17(35)38-22(11,12)13)25(34,26(28,29)30)27(31,32)33/h14H2,1-13H3/t23-,24+/m1/s1. The molecule has 1 fully saturated rings. The van der Waals surface area contributed by atoms with Crippen molar-refractivity contribution in [3.05, 3.63) is 11.1 Å². The van der Waals surface area contributed by atoms with E-state index in [1.807, 2.05) is 0 Å². The molecule has 5 nitrogen and oxygen atoms in total. The van der Waals surface area contributed by atoms with Crippen LogP contribution in [0.2, 0.25) is 0 Å². The lowest BCUT2D eigenvalue weighted by atomic mass is 9.26. The normalized spacial score (nSPS) is 26.3. The number of likely N-dealkylation sites (tertiary alicyclic amines) is 1. The number of hydrogen-bond donors (Lipinski definition) is 0. The zero-order valence-corrected chi connectivity index (χ0v) is 24.6. The maximum absolute atomic E-state index is 15.3. The number of carbonyl (C=O) groups is 2. The fourth-order valence-corrected chi connectivity index (χ4v) is 6.94. The smallest absolute Gasteiger partial charge is 0.422 e. The van der Waals surface area contributed by atoms with Crippen LogP contribution in [0, 0.1) is 21.7 Å². The minimum atomic E-state index is -6.14. The molecule has 11 heteroatoms. The number of esters is 1. The van der Waals surface area contributed by atoms with E-state index < -0.39 is 69.4 Å². The second-order valence-electron chi connectivity index (χ2n) is 14.2. The molecule has 2 atom stereocenters. The van der Waals surface area contributed by atoms with Gasteiger partial charge in [0.2, 0.25) is 0 Å². The van der Waals surface area contributed by atoms with Crippen LogP contribution < -0.4 is 0 Å². The summed E-state index contributed by atoms with van der Waals surface area (Å²) in [5.74, 6) is -1.67. The summed E-state index contributed by atoms with van der Waals surface area (Å²) >= 11 is 0. The molecule has 220 valence electrons. The summed E-state index contributed by atoms with van der Waals surface area (Å²) in [5, 5.41) is 0. The number of carbonyl (C=O) groups excluding carboxylic acids is 2. The van der Waals surface area contributed by atoms with Crippen LogP contribution in [-0.4, -0.2) is 52.6 Å². The van der Waals surface area contributed by atoms with Crippen molar-refractivity contribution in [1.29, 1.82) is 0 Å². The Balaban J connectivity index is 3.47. The van der Waals surface area contributed by atoms with Gasteiger partial charge in [-0.05, 0) is 55.1 Å². The average molecular weight is 558 g/mol. The molecule has 1 aliphatic heterocycles. The van der Waals surface area contributed by atoms with Crippen molar-refractivity contribution in [2.24, 2.45) is 21.7 Å². The number of alkyl halides is 6. The van der Waals surface area contributed by atoms with Gasteiger partial charge in [0, 0.05) is 0 Å². The third kappa shape index (κ3) is 3.64. The molecule has 0 radical (unpaired) electrons. The summed E-state index contributed by atoms with van der Waals surface area (Å²) in [5.41, 5.74) is -16.1. The van der Waals surface area contributed by atoms with Gasteiger partial charge in [-0.2, -0.15) is 26.3 Å². The van der Waals surface area contributed by atoms with E-state index in [1.165, 1.54) is 69.2 Å². The van der Waals surface area contributed by atoms with Crippen molar-refractivity contribution >= 4 is 12.1 Å². The molecule has 0 N–H and O–H groups in total. The topological polar surface area (TPSA) is 55.8 Å². The number of ether oxygens (including phenoxy) is 2. The number of hydrogen-bond acceptors (Lipinski definition) is 4. The minimum absolute atomic E-state index is 0.160. The van der Waals surface area contributed by atoms with Crippen LogP contribution in [0.3, 0.4) is 0 Å². The Morgan fingerprint density at radius 1 is 0.737 bits per heavy atom. The van der Waals surface area contributed by atoms with Gasteiger partial charge in [0.25, 0.3) is 5.54 Å². The lowest BCUT2D eigenvalue weighted by Gasteiger charge is -2.85. The van der Waals surface area contributed by atoms with E-state index in [2.05, 4.69) is 0 Å². The van der Waals surface area contributed by atoms with Gasteiger partial charge in [0.15, 0.2) is 5.41 Å². The number of rotatable bonds is 2. The van der Waals surface area contributed by atoms with Crippen molar-refractivity contribution in [2.45, 2.75) is 119 Å². The lowest BCUT2D eigenvalue weighted by Crippen LogP contribution is -3.04. The van der Waals surface area contributed by atoms with Gasteiger partial charge in [-0.25, -0.2) is 4.79 Å². The van der Waals surface area contributed by atoms with Crippen LogP contribution in [0.1, 0.15) is 90.0 Å². The highest BCUT2D eigenvalue weighted by molar-refractivity contribution is 5.98. The van der Waals surface area contributed by atoms with Crippen molar-refractivity contribution in [3.63, 3.8) is 0 Å². The van der Waals surface area contributed by atoms with E-state index >= 15 is 26.3 Å². The summed E-state index contributed by atoms with van der Waals surface area (Å²) in [6, 6.07) is 0. The number of halogens is 6. The molecular weight excluding hydrogens is 516 g/mol. The van der Waals surface area contributed by atoms with E-state index in [0.29, 0.717) is 0 Å². The molecule has 0 aromatic rings. The summed E-state index contributed by atoms with van der Waals surface area (Å²) in [6.45, 7) is 18.6. The van der Waals surface area contributed by atoms with E-state index in [1.54, 1.807) is 20.8 Å². The lowest BCUT2D eigenvalue weighted by molar-refractivity contribution is -0.450. The molecule has 0 unspecified atom stereocenters. The maximum atomic E-state index is 15.3. The highest BCUT2D eigenvalue weighted by Gasteiger charge is 3.06. The largest absolute Gasteiger partial charge is 0.459 e. The summed E-state index contributed by atoms with van der Waals surface area (Å²) in [6.07, 6.45) is -14.1. The molecule has 0 aromatic carbocycles. The van der Waals surface area contributed by atoms with Gasteiger partial charge < -0.3 is 9.47 Å². The van der Waals surface area contributed by atoms with Crippen LogP contribution in [-0.2, 0) is 14.3 Å². The van der Waals surface area contributed by atoms with Gasteiger partial charge in [-0.1, -0.05) is 62.3 Å². The molecule has 2 rings (SSSR count). The Morgan fingerprint density at radius 2 is 1.13 bits per heavy atom. The van der Waals surface area contributed by atoms with Gasteiger partial charge in [0.05, 0.1) is 12.1 Å². The molecule has 0 aromatic heterocycles. The molecule has 0 saturated carbocycles. The van der Waals surface area contributed by atoms with E-state index in [9.17, 15) is 9.59 Å². The first-order chi connectivity index (χ1) is 16.5. The molecule has 0 bridgehead atoms. The molecular formula is C27H41F6NO4. The van der Waals surface area contributed by atoms with Gasteiger partial charge in [-0.3, -0.25) is 9.69 Å². The Morgan fingerprint density at radius 3 is 1.39 bits per heavy atom. The van der Waals surface area contributed by atoms with Crippen LogP contribution in [0.15, 0.2) is 11.1 Å².